The van der Waals surface area contributed by atoms with E-state index in [9.17, 15) is 9.59 Å². The molecule has 1 atom stereocenters. The van der Waals surface area contributed by atoms with Crippen molar-refractivity contribution in [2.45, 2.75) is 13.0 Å². The normalized spacial score (nSPS) is 14.7. The molecular weight excluding hydrogens is 466 g/mol. The summed E-state index contributed by atoms with van der Waals surface area (Å²) in [6, 6.07) is 18.6. The SMILES string of the molecule is C=CCOc1ccc(C2c3c(oc4ccc(Cl)cc4c3=O)C(=O)N2c2ccccc2)cc1OCC. The standard InChI is InChI=1S/C28H22ClNO5/c1-3-14-34-22-12-10-17(15-23(22)33-4-2)25-24-26(31)20-16-18(29)11-13-21(20)35-27(24)28(32)30(25)19-8-6-5-7-9-19/h3,5-13,15-16,25H,1,4,14H2,2H3. The van der Waals surface area contributed by atoms with E-state index in [1.807, 2.05) is 43.3 Å². The van der Waals surface area contributed by atoms with E-state index in [0.29, 0.717) is 52.0 Å². The summed E-state index contributed by atoms with van der Waals surface area (Å²) in [4.78, 5) is 29.0. The van der Waals surface area contributed by atoms with Crippen LogP contribution >= 0.6 is 11.6 Å². The molecule has 0 saturated heterocycles. The van der Waals surface area contributed by atoms with Crippen molar-refractivity contribution in [2.24, 2.45) is 0 Å². The summed E-state index contributed by atoms with van der Waals surface area (Å²) >= 11 is 6.17. The number of hydrogen-bond acceptors (Lipinski definition) is 5. The van der Waals surface area contributed by atoms with Crippen LogP contribution in [0.25, 0.3) is 11.0 Å². The smallest absolute Gasteiger partial charge is 0.295 e. The highest BCUT2D eigenvalue weighted by Gasteiger charge is 2.43. The number of hydrogen-bond donors (Lipinski definition) is 0. The van der Waals surface area contributed by atoms with Crippen LogP contribution in [0.5, 0.6) is 11.5 Å². The van der Waals surface area contributed by atoms with Crippen molar-refractivity contribution in [3.05, 3.63) is 112 Å². The monoisotopic (exact) mass is 487 g/mol. The van der Waals surface area contributed by atoms with E-state index in [1.165, 1.54) is 0 Å². The first kappa shape index (κ1) is 22.7. The quantitative estimate of drug-likeness (QED) is 0.292. The largest absolute Gasteiger partial charge is 0.490 e. The molecule has 1 amide bonds. The second-order valence-electron chi connectivity index (χ2n) is 7.97. The van der Waals surface area contributed by atoms with Gasteiger partial charge < -0.3 is 13.9 Å². The fourth-order valence-electron chi connectivity index (χ4n) is 4.35. The Hall–Kier alpha value is -4.03. The number of anilines is 1. The van der Waals surface area contributed by atoms with E-state index in [0.717, 1.165) is 0 Å². The molecule has 0 spiro atoms. The molecule has 0 radical (unpaired) electrons. The molecule has 5 rings (SSSR count). The Morgan fingerprint density at radius 1 is 1.03 bits per heavy atom. The van der Waals surface area contributed by atoms with Gasteiger partial charge in [-0.2, -0.15) is 0 Å². The molecule has 0 fully saturated rings. The number of benzene rings is 3. The van der Waals surface area contributed by atoms with Crippen molar-refractivity contribution < 1.29 is 18.7 Å². The van der Waals surface area contributed by atoms with Gasteiger partial charge in [0.2, 0.25) is 5.76 Å². The predicted molar refractivity (Wildman–Crippen MR) is 136 cm³/mol. The van der Waals surface area contributed by atoms with E-state index in [2.05, 4.69) is 6.58 Å². The van der Waals surface area contributed by atoms with Gasteiger partial charge in [0.05, 0.1) is 23.6 Å². The first-order valence-electron chi connectivity index (χ1n) is 11.2. The molecule has 176 valence electrons. The fourth-order valence-corrected chi connectivity index (χ4v) is 4.52. The minimum Gasteiger partial charge on any atom is -0.490 e. The van der Waals surface area contributed by atoms with Gasteiger partial charge in [0.25, 0.3) is 5.91 Å². The molecule has 0 aliphatic carbocycles. The average molecular weight is 488 g/mol. The molecule has 2 heterocycles. The average Bonchev–Trinajstić information content (AvgIpc) is 3.17. The van der Waals surface area contributed by atoms with Crippen LogP contribution in [0, 0.1) is 0 Å². The van der Waals surface area contributed by atoms with E-state index < -0.39 is 11.9 Å². The zero-order valence-electron chi connectivity index (χ0n) is 19.0. The van der Waals surface area contributed by atoms with Gasteiger partial charge >= 0.3 is 0 Å². The summed E-state index contributed by atoms with van der Waals surface area (Å²) < 4.78 is 17.6. The number of amides is 1. The molecule has 0 saturated carbocycles. The first-order chi connectivity index (χ1) is 17.0. The molecule has 4 aromatic rings. The number of rotatable bonds is 7. The van der Waals surface area contributed by atoms with Crippen LogP contribution in [-0.2, 0) is 0 Å². The van der Waals surface area contributed by atoms with Gasteiger partial charge in [-0.3, -0.25) is 14.5 Å². The summed E-state index contributed by atoms with van der Waals surface area (Å²) in [5.41, 5.74) is 1.59. The number of carbonyl (C=O) groups excluding carboxylic acids is 1. The van der Waals surface area contributed by atoms with Gasteiger partial charge in [0.15, 0.2) is 16.9 Å². The summed E-state index contributed by atoms with van der Waals surface area (Å²) in [5, 5.41) is 0.729. The van der Waals surface area contributed by atoms with E-state index in [4.69, 9.17) is 25.5 Å². The maximum atomic E-state index is 13.7. The lowest BCUT2D eigenvalue weighted by Crippen LogP contribution is -2.29. The van der Waals surface area contributed by atoms with Crippen LogP contribution in [0.3, 0.4) is 0 Å². The van der Waals surface area contributed by atoms with Gasteiger partial charge in [0.1, 0.15) is 12.2 Å². The number of nitrogens with zero attached hydrogens (tertiary/aromatic N) is 1. The van der Waals surface area contributed by atoms with Gasteiger partial charge in [-0.25, -0.2) is 0 Å². The molecule has 3 aromatic carbocycles. The molecule has 1 aliphatic heterocycles. The topological polar surface area (TPSA) is 69.0 Å². The number of carbonyl (C=O) groups is 1. The summed E-state index contributed by atoms with van der Waals surface area (Å²) in [6.07, 6.45) is 1.65. The Bertz CT molecular complexity index is 1490. The van der Waals surface area contributed by atoms with Crippen molar-refractivity contribution >= 4 is 34.2 Å². The lowest BCUT2D eigenvalue weighted by atomic mass is 9.97. The van der Waals surface area contributed by atoms with E-state index >= 15 is 0 Å². The van der Waals surface area contributed by atoms with Crippen molar-refractivity contribution in [3.8, 4) is 11.5 Å². The van der Waals surface area contributed by atoms with Gasteiger partial charge in [-0.1, -0.05) is 48.5 Å². The number of fused-ring (bicyclic) bond motifs is 2. The summed E-state index contributed by atoms with van der Waals surface area (Å²) in [5.74, 6) is 0.677. The maximum Gasteiger partial charge on any atom is 0.295 e. The van der Waals surface area contributed by atoms with Crippen LogP contribution in [-0.4, -0.2) is 19.1 Å². The van der Waals surface area contributed by atoms with Crippen LogP contribution < -0.4 is 19.8 Å². The van der Waals surface area contributed by atoms with Crippen molar-refractivity contribution in [1.82, 2.24) is 0 Å². The Labute approximate surface area is 207 Å². The van der Waals surface area contributed by atoms with Crippen molar-refractivity contribution in [3.63, 3.8) is 0 Å². The van der Waals surface area contributed by atoms with Gasteiger partial charge in [-0.05, 0) is 55.0 Å². The predicted octanol–water partition coefficient (Wildman–Crippen LogP) is 6.16. The third kappa shape index (κ3) is 3.96. The Morgan fingerprint density at radius 3 is 2.57 bits per heavy atom. The van der Waals surface area contributed by atoms with E-state index in [-0.39, 0.29) is 16.8 Å². The molecule has 7 heteroatoms. The lowest BCUT2D eigenvalue weighted by Gasteiger charge is -2.26. The second-order valence-corrected chi connectivity index (χ2v) is 8.40. The molecule has 1 aromatic heterocycles. The zero-order chi connectivity index (χ0) is 24.5. The van der Waals surface area contributed by atoms with E-state index in [1.54, 1.807) is 41.3 Å². The van der Waals surface area contributed by atoms with Gasteiger partial charge in [0, 0.05) is 10.7 Å². The van der Waals surface area contributed by atoms with Gasteiger partial charge in [-0.15, -0.1) is 0 Å². The Balaban J connectivity index is 1.75. The molecule has 6 nitrogen and oxygen atoms in total. The third-order valence-electron chi connectivity index (χ3n) is 5.81. The summed E-state index contributed by atoms with van der Waals surface area (Å²) in [7, 11) is 0. The fraction of sp³-hybridized carbons (Fsp3) is 0.143. The Kier molecular flexibility index (Phi) is 6.05. The summed E-state index contributed by atoms with van der Waals surface area (Å²) in [6.45, 7) is 6.29. The highest BCUT2D eigenvalue weighted by molar-refractivity contribution is 6.31. The lowest BCUT2D eigenvalue weighted by molar-refractivity contribution is 0.0971. The second kappa shape index (κ2) is 9.31. The van der Waals surface area contributed by atoms with Crippen LogP contribution in [0.2, 0.25) is 5.02 Å². The minimum absolute atomic E-state index is 0.0172. The molecule has 0 N–H and O–H groups in total. The number of halogens is 1. The van der Waals surface area contributed by atoms with Crippen molar-refractivity contribution in [2.75, 3.05) is 18.1 Å². The van der Waals surface area contributed by atoms with Crippen molar-refractivity contribution in [1.29, 1.82) is 0 Å². The van der Waals surface area contributed by atoms with Crippen LogP contribution in [0.15, 0.2) is 88.6 Å². The minimum atomic E-state index is -0.729. The molecule has 1 aliphatic rings. The van der Waals surface area contributed by atoms with Crippen LogP contribution in [0.1, 0.15) is 34.6 Å². The number of para-hydroxylation sites is 1. The molecule has 0 bridgehead atoms. The first-order valence-corrected chi connectivity index (χ1v) is 11.6. The highest BCUT2D eigenvalue weighted by Crippen LogP contribution is 2.43. The number of ether oxygens (including phenoxy) is 2. The van der Waals surface area contributed by atoms with Crippen LogP contribution in [0.4, 0.5) is 5.69 Å². The zero-order valence-corrected chi connectivity index (χ0v) is 19.7. The molecule has 1 unspecified atom stereocenters. The Morgan fingerprint density at radius 2 is 1.83 bits per heavy atom. The molecule has 35 heavy (non-hydrogen) atoms. The third-order valence-corrected chi connectivity index (χ3v) is 6.04. The maximum absolute atomic E-state index is 13.7. The molecular formula is C28H22ClNO5. The highest BCUT2D eigenvalue weighted by atomic mass is 35.5.